The highest BCUT2D eigenvalue weighted by Gasteiger charge is 2.14. The lowest BCUT2D eigenvalue weighted by Gasteiger charge is -2.13. The zero-order valence-electron chi connectivity index (χ0n) is 18.3. The number of aromatic amines is 3. The summed E-state index contributed by atoms with van der Waals surface area (Å²) >= 11 is 0. The third kappa shape index (κ3) is 3.66. The van der Waals surface area contributed by atoms with E-state index in [0.717, 1.165) is 28.5 Å². The lowest BCUT2D eigenvalue weighted by atomic mass is 10.1. The van der Waals surface area contributed by atoms with Crippen LogP contribution in [0.15, 0.2) is 72.1 Å². The molecule has 3 heterocycles. The molecule has 172 valence electrons. The maximum Gasteiger partial charge on any atom is 0.323 e. The molecule has 6 rings (SSSR count). The van der Waals surface area contributed by atoms with E-state index in [1.165, 1.54) is 6.07 Å². The van der Waals surface area contributed by atoms with Crippen molar-refractivity contribution in [2.75, 3.05) is 0 Å². The van der Waals surface area contributed by atoms with Crippen molar-refractivity contribution in [1.82, 2.24) is 34.8 Å². The van der Waals surface area contributed by atoms with E-state index >= 15 is 4.39 Å². The van der Waals surface area contributed by atoms with Gasteiger partial charge in [-0.3, -0.25) is 4.57 Å². The van der Waals surface area contributed by atoms with E-state index in [1.807, 2.05) is 30.3 Å². The minimum atomic E-state index is -0.469. The normalized spacial score (nSPS) is 12.1. The molecule has 0 bridgehead atoms. The van der Waals surface area contributed by atoms with Gasteiger partial charge in [-0.25, -0.2) is 19.2 Å². The van der Waals surface area contributed by atoms with Gasteiger partial charge in [0, 0.05) is 29.7 Å². The Kier molecular flexibility index (Phi) is 4.77. The number of nitrogens with one attached hydrogen (secondary N) is 5. The molecule has 3 aromatic heterocycles. The molecule has 0 fully saturated rings. The van der Waals surface area contributed by atoms with E-state index in [2.05, 4.69) is 30.2 Å². The molecule has 0 saturated carbocycles. The van der Waals surface area contributed by atoms with Crippen LogP contribution in [0.25, 0.3) is 44.5 Å². The Morgan fingerprint density at radius 1 is 1.06 bits per heavy atom. The van der Waals surface area contributed by atoms with Gasteiger partial charge in [0.2, 0.25) is 0 Å². The number of hydrogen-bond acceptors (Lipinski definition) is 5. The van der Waals surface area contributed by atoms with E-state index in [0.29, 0.717) is 34.4 Å². The van der Waals surface area contributed by atoms with Crippen molar-refractivity contribution < 1.29 is 4.39 Å². The van der Waals surface area contributed by atoms with E-state index in [9.17, 15) is 4.79 Å². The summed E-state index contributed by atoms with van der Waals surface area (Å²) < 4.78 is 16.8. The smallest absolute Gasteiger partial charge is 0.323 e. The second kappa shape index (κ2) is 8.10. The maximum absolute atomic E-state index is 15.1. The number of halogens is 1. The highest BCUT2D eigenvalue weighted by molar-refractivity contribution is 5.88. The summed E-state index contributed by atoms with van der Waals surface area (Å²) in [6.45, 7) is 0.471. The SMILES string of the molecule is N=C/C=C(\NCc1ccc2[nH]cnc2c1)c1cc(F)c2ncn(-c3ccc4[nH]c(=O)[nH]c4c3)c2c1. The van der Waals surface area contributed by atoms with Crippen LogP contribution in [0.3, 0.4) is 0 Å². The summed E-state index contributed by atoms with van der Waals surface area (Å²) in [6, 6.07) is 14.6. The van der Waals surface area contributed by atoms with Crippen LogP contribution in [0, 0.1) is 11.2 Å². The van der Waals surface area contributed by atoms with Gasteiger partial charge in [0.05, 0.1) is 33.9 Å². The Morgan fingerprint density at radius 3 is 2.80 bits per heavy atom. The zero-order chi connectivity index (χ0) is 23.9. The minimum absolute atomic E-state index is 0.231. The van der Waals surface area contributed by atoms with Gasteiger partial charge in [0.15, 0.2) is 5.82 Å². The molecule has 0 saturated heterocycles. The van der Waals surface area contributed by atoms with Gasteiger partial charge in [0.25, 0.3) is 0 Å². The molecule has 3 aromatic carbocycles. The lowest BCUT2D eigenvalue weighted by Crippen LogP contribution is -2.12. The Morgan fingerprint density at radius 2 is 1.91 bits per heavy atom. The first-order chi connectivity index (χ1) is 17.1. The molecule has 35 heavy (non-hydrogen) atoms. The van der Waals surface area contributed by atoms with Crippen LogP contribution in [0.1, 0.15) is 11.1 Å². The number of benzene rings is 3. The minimum Gasteiger partial charge on any atom is -0.380 e. The van der Waals surface area contributed by atoms with Crippen LogP contribution < -0.4 is 11.0 Å². The van der Waals surface area contributed by atoms with Crippen molar-refractivity contribution in [2.24, 2.45) is 0 Å². The topological polar surface area (TPSA) is 131 Å². The molecule has 0 aliphatic rings. The largest absolute Gasteiger partial charge is 0.380 e. The van der Waals surface area contributed by atoms with Crippen molar-refractivity contribution in [3.63, 3.8) is 0 Å². The molecule has 9 nitrogen and oxygen atoms in total. The fourth-order valence-corrected chi connectivity index (χ4v) is 4.23. The van der Waals surface area contributed by atoms with Gasteiger partial charge < -0.3 is 25.7 Å². The van der Waals surface area contributed by atoms with Gasteiger partial charge in [-0.2, -0.15) is 0 Å². The number of fused-ring (bicyclic) bond motifs is 3. The Bertz CT molecular complexity index is 1820. The average Bonchev–Trinajstić information content (AvgIpc) is 3.58. The molecule has 10 heteroatoms. The van der Waals surface area contributed by atoms with E-state index in [4.69, 9.17) is 5.41 Å². The van der Waals surface area contributed by atoms with E-state index in [1.54, 1.807) is 35.4 Å². The highest BCUT2D eigenvalue weighted by Crippen LogP contribution is 2.26. The third-order valence-electron chi connectivity index (χ3n) is 5.91. The zero-order valence-corrected chi connectivity index (χ0v) is 18.3. The lowest BCUT2D eigenvalue weighted by molar-refractivity contribution is 0.636. The first-order valence-electron chi connectivity index (χ1n) is 10.8. The fraction of sp³-hybridized carbons (Fsp3) is 0.0400. The molecular formula is C25H19FN8O. The average molecular weight is 466 g/mol. The molecule has 0 spiro atoms. The number of hydrogen-bond donors (Lipinski definition) is 5. The Balaban J connectivity index is 1.38. The van der Waals surface area contributed by atoms with Crippen molar-refractivity contribution in [3.05, 3.63) is 94.7 Å². The number of H-pyrrole nitrogens is 3. The van der Waals surface area contributed by atoms with E-state index < -0.39 is 5.82 Å². The van der Waals surface area contributed by atoms with Crippen LogP contribution in [0.4, 0.5) is 4.39 Å². The summed E-state index contributed by atoms with van der Waals surface area (Å²) in [4.78, 5) is 28.7. The summed E-state index contributed by atoms with van der Waals surface area (Å²) in [5.74, 6) is -0.469. The van der Waals surface area contributed by atoms with Crippen molar-refractivity contribution >= 4 is 45.0 Å². The predicted molar refractivity (Wildman–Crippen MR) is 133 cm³/mol. The number of nitrogens with zero attached hydrogens (tertiary/aromatic N) is 3. The first kappa shape index (κ1) is 20.6. The number of allylic oxidation sites excluding steroid dienone is 1. The van der Waals surface area contributed by atoms with Crippen LogP contribution in [0.5, 0.6) is 0 Å². The fourth-order valence-electron chi connectivity index (χ4n) is 4.23. The van der Waals surface area contributed by atoms with Crippen LogP contribution >= 0.6 is 0 Å². The monoisotopic (exact) mass is 466 g/mol. The van der Waals surface area contributed by atoms with Gasteiger partial charge in [-0.15, -0.1) is 0 Å². The maximum atomic E-state index is 15.1. The molecule has 5 N–H and O–H groups in total. The molecule has 0 aliphatic heterocycles. The second-order valence-electron chi connectivity index (χ2n) is 8.10. The first-order valence-corrected chi connectivity index (χ1v) is 10.8. The highest BCUT2D eigenvalue weighted by atomic mass is 19.1. The van der Waals surface area contributed by atoms with Crippen molar-refractivity contribution in [2.45, 2.75) is 6.54 Å². The number of aromatic nitrogens is 6. The van der Waals surface area contributed by atoms with Gasteiger partial charge in [0.1, 0.15) is 11.8 Å². The molecule has 0 atom stereocenters. The molecule has 0 aliphatic carbocycles. The summed E-state index contributed by atoms with van der Waals surface area (Å²) in [5.41, 5.74) is 6.55. The third-order valence-corrected chi connectivity index (χ3v) is 5.91. The summed E-state index contributed by atoms with van der Waals surface area (Å²) in [5, 5.41) is 10.9. The van der Waals surface area contributed by atoms with Gasteiger partial charge in [-0.05, 0) is 54.1 Å². The summed E-state index contributed by atoms with van der Waals surface area (Å²) in [6.07, 6.45) is 5.95. The summed E-state index contributed by atoms with van der Waals surface area (Å²) in [7, 11) is 0. The predicted octanol–water partition coefficient (Wildman–Crippen LogP) is 3.99. The van der Waals surface area contributed by atoms with Crippen molar-refractivity contribution in [3.8, 4) is 5.69 Å². The number of imidazole rings is 3. The van der Waals surface area contributed by atoms with Crippen molar-refractivity contribution in [1.29, 1.82) is 5.41 Å². The molecule has 6 aromatic rings. The van der Waals surface area contributed by atoms with Gasteiger partial charge in [-0.1, -0.05) is 6.07 Å². The second-order valence-corrected chi connectivity index (χ2v) is 8.10. The van der Waals surface area contributed by atoms with Crippen LogP contribution in [-0.2, 0) is 6.54 Å². The molecular weight excluding hydrogens is 447 g/mol. The Labute approximate surface area is 196 Å². The quantitative estimate of drug-likeness (QED) is 0.238. The standard InChI is InChI=1S/C25H19FN8O/c26-17-8-15(18(5-6-27)28-11-14-1-3-19-21(7-14)30-12-29-19)9-23-24(17)31-13-34(23)16-2-4-20-22(10-16)33-25(35)32-20/h1-10,12-13,27-28H,11H2,(H,29,30)(H2,32,33,35)/b18-5-,27-6?. The van der Waals surface area contributed by atoms with Crippen LogP contribution in [-0.4, -0.2) is 35.7 Å². The van der Waals surface area contributed by atoms with Crippen LogP contribution in [0.2, 0.25) is 0 Å². The molecule has 0 unspecified atom stereocenters. The van der Waals surface area contributed by atoms with Gasteiger partial charge >= 0.3 is 5.69 Å². The molecule has 0 amide bonds. The molecule has 0 radical (unpaired) electrons. The Hall–Kier alpha value is -4.99. The number of rotatable bonds is 6. The van der Waals surface area contributed by atoms with E-state index in [-0.39, 0.29) is 11.2 Å².